The van der Waals surface area contributed by atoms with Crippen LogP contribution in [0.25, 0.3) is 0 Å². The molecule has 23 heavy (non-hydrogen) atoms. The largest absolute Gasteiger partial charge is 0.326 e. The number of likely N-dealkylation sites (tertiary alicyclic amines) is 1. The highest BCUT2D eigenvalue weighted by molar-refractivity contribution is 9.10. The molecule has 0 saturated carbocycles. The molecule has 3 rings (SSSR count). The van der Waals surface area contributed by atoms with E-state index in [9.17, 15) is 4.79 Å². The zero-order chi connectivity index (χ0) is 16.1. The lowest BCUT2D eigenvalue weighted by molar-refractivity contribution is -0.121. The van der Waals surface area contributed by atoms with Gasteiger partial charge in [-0.05, 0) is 82.0 Å². The summed E-state index contributed by atoms with van der Waals surface area (Å²) in [5.41, 5.74) is 0.883. The van der Waals surface area contributed by atoms with Gasteiger partial charge in [-0.1, -0.05) is 15.9 Å². The summed E-state index contributed by atoms with van der Waals surface area (Å²) in [4.78, 5) is 14.9. The van der Waals surface area contributed by atoms with Crippen molar-refractivity contribution in [1.82, 2.24) is 10.2 Å². The fourth-order valence-corrected chi connectivity index (χ4v) is 3.86. The highest BCUT2D eigenvalue weighted by atomic mass is 79.9. The first-order valence-electron chi connectivity index (χ1n) is 8.70. The molecule has 2 aliphatic heterocycles. The molecular formula is C18H26BrN3O. The molecule has 4 nitrogen and oxygen atoms in total. The third kappa shape index (κ3) is 5.03. The Kier molecular flexibility index (Phi) is 6.08. The highest BCUT2D eigenvalue weighted by Crippen LogP contribution is 2.22. The molecule has 1 aromatic rings. The molecule has 2 heterocycles. The summed E-state index contributed by atoms with van der Waals surface area (Å²) in [6, 6.07) is 7.78. The van der Waals surface area contributed by atoms with E-state index in [0.29, 0.717) is 0 Å². The van der Waals surface area contributed by atoms with Crippen LogP contribution in [0.3, 0.4) is 0 Å². The van der Waals surface area contributed by atoms with Gasteiger partial charge < -0.3 is 15.5 Å². The van der Waals surface area contributed by atoms with Gasteiger partial charge in [-0.15, -0.1) is 0 Å². The maximum atomic E-state index is 12.4. The minimum atomic E-state index is 0.152. The maximum absolute atomic E-state index is 12.4. The molecule has 0 aliphatic carbocycles. The van der Waals surface area contributed by atoms with Gasteiger partial charge in [0.2, 0.25) is 5.91 Å². The second-order valence-corrected chi connectivity index (χ2v) is 7.70. The van der Waals surface area contributed by atoms with Crippen LogP contribution in [0, 0.1) is 11.8 Å². The maximum Gasteiger partial charge on any atom is 0.227 e. The van der Waals surface area contributed by atoms with Gasteiger partial charge in [-0.3, -0.25) is 4.79 Å². The van der Waals surface area contributed by atoms with Crippen molar-refractivity contribution in [3.63, 3.8) is 0 Å². The SMILES string of the molecule is O=C(Nc1ccc(Br)cc1)C1CCN(CC2CCCNC2)CC1. The van der Waals surface area contributed by atoms with E-state index in [1.165, 1.54) is 25.9 Å². The Balaban J connectivity index is 1.42. The minimum absolute atomic E-state index is 0.152. The van der Waals surface area contributed by atoms with Crippen LogP contribution in [0.1, 0.15) is 25.7 Å². The van der Waals surface area contributed by atoms with Crippen LogP contribution in [0.5, 0.6) is 0 Å². The summed E-state index contributed by atoms with van der Waals surface area (Å²) in [5, 5.41) is 6.54. The van der Waals surface area contributed by atoms with E-state index in [1.807, 2.05) is 24.3 Å². The molecule has 2 N–H and O–H groups in total. The first kappa shape index (κ1) is 16.9. The lowest BCUT2D eigenvalue weighted by atomic mass is 9.93. The highest BCUT2D eigenvalue weighted by Gasteiger charge is 2.26. The van der Waals surface area contributed by atoms with E-state index in [1.54, 1.807) is 0 Å². The molecule has 1 atom stereocenters. The number of piperidine rings is 2. The molecule has 126 valence electrons. The van der Waals surface area contributed by atoms with Gasteiger partial charge in [0.25, 0.3) is 0 Å². The van der Waals surface area contributed by atoms with Crippen molar-refractivity contribution >= 4 is 27.5 Å². The van der Waals surface area contributed by atoms with Crippen LogP contribution < -0.4 is 10.6 Å². The van der Waals surface area contributed by atoms with Gasteiger partial charge in [-0.25, -0.2) is 0 Å². The Morgan fingerprint density at radius 2 is 1.96 bits per heavy atom. The molecule has 1 aromatic carbocycles. The Hall–Kier alpha value is -0.910. The van der Waals surface area contributed by atoms with Crippen molar-refractivity contribution in [3.8, 4) is 0 Å². The third-order valence-corrected chi connectivity index (χ3v) is 5.51. The average molecular weight is 380 g/mol. The van der Waals surface area contributed by atoms with Gasteiger partial charge in [-0.2, -0.15) is 0 Å². The Morgan fingerprint density at radius 3 is 2.61 bits per heavy atom. The quantitative estimate of drug-likeness (QED) is 0.844. The van der Waals surface area contributed by atoms with Crippen molar-refractivity contribution < 1.29 is 4.79 Å². The summed E-state index contributed by atoms with van der Waals surface area (Å²) in [6.07, 6.45) is 4.60. The number of hydrogen-bond donors (Lipinski definition) is 2. The molecule has 2 saturated heterocycles. The van der Waals surface area contributed by atoms with E-state index in [0.717, 1.165) is 48.6 Å². The fraction of sp³-hybridized carbons (Fsp3) is 0.611. The van der Waals surface area contributed by atoms with Crippen molar-refractivity contribution in [3.05, 3.63) is 28.7 Å². The number of anilines is 1. The Morgan fingerprint density at radius 1 is 1.22 bits per heavy atom. The summed E-state index contributed by atoms with van der Waals surface area (Å²) in [5.74, 6) is 1.11. The van der Waals surface area contributed by atoms with Gasteiger partial charge in [0, 0.05) is 22.6 Å². The molecule has 1 amide bonds. The summed E-state index contributed by atoms with van der Waals surface area (Å²) >= 11 is 3.41. The van der Waals surface area contributed by atoms with E-state index in [2.05, 4.69) is 31.5 Å². The average Bonchev–Trinajstić information content (AvgIpc) is 2.58. The smallest absolute Gasteiger partial charge is 0.227 e. The van der Waals surface area contributed by atoms with Crippen LogP contribution in [-0.2, 0) is 4.79 Å². The van der Waals surface area contributed by atoms with Crippen LogP contribution >= 0.6 is 15.9 Å². The van der Waals surface area contributed by atoms with Crippen molar-refractivity contribution in [2.24, 2.45) is 11.8 Å². The monoisotopic (exact) mass is 379 g/mol. The first-order chi connectivity index (χ1) is 11.2. The topological polar surface area (TPSA) is 44.4 Å². The lowest BCUT2D eigenvalue weighted by Crippen LogP contribution is -2.43. The molecule has 0 aromatic heterocycles. The van der Waals surface area contributed by atoms with Crippen LogP contribution in [0.2, 0.25) is 0 Å². The Labute approximate surface area is 147 Å². The molecule has 2 aliphatic rings. The number of hydrogen-bond acceptors (Lipinski definition) is 3. The summed E-state index contributed by atoms with van der Waals surface area (Å²) in [6.45, 7) is 5.62. The number of nitrogens with zero attached hydrogens (tertiary/aromatic N) is 1. The third-order valence-electron chi connectivity index (χ3n) is 4.99. The number of nitrogens with one attached hydrogen (secondary N) is 2. The van der Waals surface area contributed by atoms with E-state index in [-0.39, 0.29) is 11.8 Å². The zero-order valence-corrected chi connectivity index (χ0v) is 15.1. The van der Waals surface area contributed by atoms with E-state index in [4.69, 9.17) is 0 Å². The van der Waals surface area contributed by atoms with Gasteiger partial charge in [0.15, 0.2) is 0 Å². The summed E-state index contributed by atoms with van der Waals surface area (Å²) < 4.78 is 1.03. The standard InChI is InChI=1S/C18H26BrN3O/c19-16-3-5-17(6-4-16)21-18(23)15-7-10-22(11-8-15)13-14-2-1-9-20-12-14/h3-6,14-15,20H,1-2,7-13H2,(H,21,23). The van der Waals surface area contributed by atoms with Gasteiger partial charge in [0.1, 0.15) is 0 Å². The zero-order valence-electron chi connectivity index (χ0n) is 13.6. The van der Waals surface area contributed by atoms with Gasteiger partial charge in [0.05, 0.1) is 0 Å². The molecule has 2 fully saturated rings. The van der Waals surface area contributed by atoms with Crippen molar-refractivity contribution in [1.29, 1.82) is 0 Å². The number of benzene rings is 1. The minimum Gasteiger partial charge on any atom is -0.326 e. The number of carbonyl (C=O) groups is 1. The van der Waals surface area contributed by atoms with Crippen molar-refractivity contribution in [2.45, 2.75) is 25.7 Å². The molecule has 5 heteroatoms. The Bertz CT molecular complexity index is 506. The van der Waals surface area contributed by atoms with E-state index < -0.39 is 0 Å². The summed E-state index contributed by atoms with van der Waals surface area (Å²) in [7, 11) is 0. The second kappa shape index (κ2) is 8.27. The van der Waals surface area contributed by atoms with Crippen molar-refractivity contribution in [2.75, 3.05) is 38.0 Å². The number of amides is 1. The first-order valence-corrected chi connectivity index (χ1v) is 9.49. The number of carbonyl (C=O) groups excluding carboxylic acids is 1. The van der Waals surface area contributed by atoms with Crippen LogP contribution in [-0.4, -0.2) is 43.5 Å². The lowest BCUT2D eigenvalue weighted by Gasteiger charge is -2.35. The van der Waals surface area contributed by atoms with Gasteiger partial charge >= 0.3 is 0 Å². The molecule has 1 unspecified atom stereocenters. The molecule has 0 bridgehead atoms. The van der Waals surface area contributed by atoms with Crippen LogP contribution in [0.4, 0.5) is 5.69 Å². The van der Waals surface area contributed by atoms with E-state index >= 15 is 0 Å². The molecular weight excluding hydrogens is 354 g/mol. The number of halogens is 1. The predicted molar refractivity (Wildman–Crippen MR) is 97.5 cm³/mol. The fourth-order valence-electron chi connectivity index (χ4n) is 3.60. The number of rotatable bonds is 4. The molecule has 0 spiro atoms. The molecule has 0 radical (unpaired) electrons. The van der Waals surface area contributed by atoms with Crippen LogP contribution in [0.15, 0.2) is 28.7 Å². The predicted octanol–water partition coefficient (Wildman–Crippen LogP) is 3.10. The normalized spacial score (nSPS) is 23.6. The second-order valence-electron chi connectivity index (χ2n) is 6.78.